The first-order chi connectivity index (χ1) is 11.8. The molecule has 0 spiro atoms. The Morgan fingerprint density at radius 1 is 0.917 bits per heavy atom. The molecule has 1 aliphatic heterocycles. The lowest BCUT2D eigenvalue weighted by molar-refractivity contribution is 0.271. The van der Waals surface area contributed by atoms with E-state index in [0.29, 0.717) is 12.3 Å². The molecular weight excluding hydrogens is 298 g/mol. The molecule has 1 aliphatic rings. The van der Waals surface area contributed by atoms with E-state index in [2.05, 4.69) is 46.3 Å². The number of likely N-dealkylation sites (N-methyl/N-ethyl adjacent to an activating group) is 1. The molecule has 2 N–H and O–H groups in total. The molecule has 0 atom stereocenters. The Balaban J connectivity index is 1.49. The normalized spacial score (nSPS) is 15.6. The van der Waals surface area contributed by atoms with Crippen molar-refractivity contribution < 1.29 is 5.11 Å². The molecular formula is C20H27N3O. The quantitative estimate of drug-likeness (QED) is 0.857. The predicted octanol–water partition coefficient (Wildman–Crippen LogP) is 2.82. The summed E-state index contributed by atoms with van der Waals surface area (Å²) in [4.78, 5) is 4.96. The van der Waals surface area contributed by atoms with Gasteiger partial charge >= 0.3 is 0 Å². The number of benzene rings is 2. The zero-order valence-electron chi connectivity index (χ0n) is 14.4. The smallest absolute Gasteiger partial charge is 0.120 e. The molecule has 1 fully saturated rings. The first kappa shape index (κ1) is 16.8. The van der Waals surface area contributed by atoms with Crippen molar-refractivity contribution in [3.8, 4) is 5.75 Å². The zero-order chi connectivity index (χ0) is 16.8. The number of piperazine rings is 1. The number of hydrogen-bond donors (Lipinski definition) is 2. The van der Waals surface area contributed by atoms with Crippen LogP contribution in [0.15, 0.2) is 48.5 Å². The maximum absolute atomic E-state index is 9.78. The number of nitrogens with one attached hydrogen (secondary N) is 1. The maximum atomic E-state index is 9.78. The molecule has 0 radical (unpaired) electrons. The van der Waals surface area contributed by atoms with Gasteiger partial charge in [-0.15, -0.1) is 0 Å². The fraction of sp³-hybridized carbons (Fsp3) is 0.400. The third-order valence-electron chi connectivity index (χ3n) is 4.76. The number of para-hydroxylation sites is 1. The fourth-order valence-corrected chi connectivity index (χ4v) is 3.15. The minimum Gasteiger partial charge on any atom is -0.508 e. The molecule has 0 amide bonds. The second-order valence-corrected chi connectivity index (χ2v) is 6.32. The number of rotatable bonds is 6. The molecule has 24 heavy (non-hydrogen) atoms. The highest BCUT2D eigenvalue weighted by Gasteiger charge is 2.15. The van der Waals surface area contributed by atoms with Crippen molar-refractivity contribution in [2.45, 2.75) is 20.0 Å². The summed E-state index contributed by atoms with van der Waals surface area (Å²) in [5, 5.41) is 13.2. The van der Waals surface area contributed by atoms with Gasteiger partial charge in [-0.25, -0.2) is 0 Å². The standard InChI is InChI=1S/C20H27N3O/c1-2-22-11-13-23(14-12-22)19-9-7-17(8-10-19)15-21-16-18-5-3-4-6-20(18)24/h3-10,21,24H,2,11-16H2,1H3. The number of aromatic hydroxyl groups is 1. The Morgan fingerprint density at radius 3 is 2.29 bits per heavy atom. The van der Waals surface area contributed by atoms with Crippen LogP contribution < -0.4 is 10.2 Å². The lowest BCUT2D eigenvalue weighted by atomic mass is 10.1. The lowest BCUT2D eigenvalue weighted by Crippen LogP contribution is -2.46. The van der Waals surface area contributed by atoms with E-state index in [1.165, 1.54) is 11.3 Å². The molecule has 1 heterocycles. The van der Waals surface area contributed by atoms with E-state index in [-0.39, 0.29) is 0 Å². The van der Waals surface area contributed by atoms with Crippen LogP contribution in [-0.4, -0.2) is 42.7 Å². The van der Waals surface area contributed by atoms with E-state index >= 15 is 0 Å². The summed E-state index contributed by atoms with van der Waals surface area (Å²) in [7, 11) is 0. The van der Waals surface area contributed by atoms with E-state index in [0.717, 1.165) is 44.8 Å². The molecule has 0 aromatic heterocycles. The van der Waals surface area contributed by atoms with Gasteiger partial charge < -0.3 is 20.2 Å². The molecule has 0 saturated carbocycles. The number of phenols is 1. The van der Waals surface area contributed by atoms with E-state index in [9.17, 15) is 5.11 Å². The molecule has 128 valence electrons. The molecule has 4 nitrogen and oxygen atoms in total. The van der Waals surface area contributed by atoms with Crippen LogP contribution in [0.5, 0.6) is 5.75 Å². The van der Waals surface area contributed by atoms with Crippen LogP contribution in [0.4, 0.5) is 5.69 Å². The third kappa shape index (κ3) is 4.28. The molecule has 1 saturated heterocycles. The van der Waals surface area contributed by atoms with Gasteiger partial charge in [0, 0.05) is 50.5 Å². The van der Waals surface area contributed by atoms with E-state index in [4.69, 9.17) is 0 Å². The molecule has 0 unspecified atom stereocenters. The van der Waals surface area contributed by atoms with Gasteiger partial charge in [-0.05, 0) is 30.3 Å². The van der Waals surface area contributed by atoms with Gasteiger partial charge in [0.1, 0.15) is 5.75 Å². The van der Waals surface area contributed by atoms with Crippen molar-refractivity contribution in [1.29, 1.82) is 0 Å². The predicted molar refractivity (Wildman–Crippen MR) is 99.4 cm³/mol. The largest absolute Gasteiger partial charge is 0.508 e. The summed E-state index contributed by atoms with van der Waals surface area (Å²) >= 11 is 0. The fourth-order valence-electron chi connectivity index (χ4n) is 3.15. The summed E-state index contributed by atoms with van der Waals surface area (Å²) < 4.78 is 0. The Bertz CT molecular complexity index is 634. The summed E-state index contributed by atoms with van der Waals surface area (Å²) in [6, 6.07) is 16.3. The van der Waals surface area contributed by atoms with E-state index in [1.807, 2.05) is 18.2 Å². The van der Waals surface area contributed by atoms with Crippen LogP contribution in [0, 0.1) is 0 Å². The van der Waals surface area contributed by atoms with Gasteiger partial charge in [-0.3, -0.25) is 0 Å². The van der Waals surface area contributed by atoms with Crippen LogP contribution in [0.3, 0.4) is 0 Å². The number of nitrogens with zero attached hydrogens (tertiary/aromatic N) is 2. The number of anilines is 1. The lowest BCUT2D eigenvalue weighted by Gasteiger charge is -2.35. The van der Waals surface area contributed by atoms with E-state index in [1.54, 1.807) is 6.07 Å². The zero-order valence-corrected chi connectivity index (χ0v) is 14.4. The van der Waals surface area contributed by atoms with Crippen molar-refractivity contribution in [2.75, 3.05) is 37.6 Å². The summed E-state index contributed by atoms with van der Waals surface area (Å²) in [5.41, 5.74) is 3.51. The van der Waals surface area contributed by atoms with Crippen molar-refractivity contribution >= 4 is 5.69 Å². The minimum absolute atomic E-state index is 0.353. The second-order valence-electron chi connectivity index (χ2n) is 6.32. The SMILES string of the molecule is CCN1CCN(c2ccc(CNCc3ccccc3O)cc2)CC1. The molecule has 0 aliphatic carbocycles. The first-order valence-corrected chi connectivity index (χ1v) is 8.80. The first-order valence-electron chi connectivity index (χ1n) is 8.80. The summed E-state index contributed by atoms with van der Waals surface area (Å²) in [5.74, 6) is 0.353. The Kier molecular flexibility index (Phi) is 5.72. The minimum atomic E-state index is 0.353. The summed E-state index contributed by atoms with van der Waals surface area (Å²) in [6.45, 7) is 9.38. The van der Waals surface area contributed by atoms with Gasteiger partial charge in [0.25, 0.3) is 0 Å². The average Bonchev–Trinajstić information content (AvgIpc) is 2.64. The van der Waals surface area contributed by atoms with Crippen LogP contribution in [-0.2, 0) is 13.1 Å². The highest BCUT2D eigenvalue weighted by molar-refractivity contribution is 5.48. The van der Waals surface area contributed by atoms with Crippen molar-refractivity contribution in [2.24, 2.45) is 0 Å². The van der Waals surface area contributed by atoms with Gasteiger partial charge in [0.05, 0.1) is 0 Å². The van der Waals surface area contributed by atoms with Gasteiger partial charge in [0.2, 0.25) is 0 Å². The van der Waals surface area contributed by atoms with Crippen molar-refractivity contribution in [3.05, 3.63) is 59.7 Å². The summed E-state index contributed by atoms with van der Waals surface area (Å²) in [6.07, 6.45) is 0. The van der Waals surface area contributed by atoms with Gasteiger partial charge in [-0.1, -0.05) is 37.3 Å². The molecule has 2 aromatic carbocycles. The topological polar surface area (TPSA) is 38.7 Å². The van der Waals surface area contributed by atoms with Crippen LogP contribution in [0.1, 0.15) is 18.1 Å². The van der Waals surface area contributed by atoms with Gasteiger partial charge in [0.15, 0.2) is 0 Å². The maximum Gasteiger partial charge on any atom is 0.120 e. The Labute approximate surface area is 144 Å². The van der Waals surface area contributed by atoms with Crippen LogP contribution >= 0.6 is 0 Å². The Morgan fingerprint density at radius 2 is 1.62 bits per heavy atom. The molecule has 2 aromatic rings. The highest BCUT2D eigenvalue weighted by Crippen LogP contribution is 2.18. The average molecular weight is 325 g/mol. The Hall–Kier alpha value is -2.04. The molecule has 3 rings (SSSR count). The third-order valence-corrected chi connectivity index (χ3v) is 4.76. The van der Waals surface area contributed by atoms with Gasteiger partial charge in [-0.2, -0.15) is 0 Å². The highest BCUT2D eigenvalue weighted by atomic mass is 16.3. The van der Waals surface area contributed by atoms with Crippen LogP contribution in [0.25, 0.3) is 0 Å². The van der Waals surface area contributed by atoms with Crippen molar-refractivity contribution in [1.82, 2.24) is 10.2 Å². The monoisotopic (exact) mass is 325 g/mol. The van der Waals surface area contributed by atoms with Crippen molar-refractivity contribution in [3.63, 3.8) is 0 Å². The second kappa shape index (κ2) is 8.18. The number of phenolic OH excluding ortho intramolecular Hbond substituents is 1. The van der Waals surface area contributed by atoms with Crippen LogP contribution in [0.2, 0.25) is 0 Å². The van der Waals surface area contributed by atoms with E-state index < -0.39 is 0 Å². The molecule has 4 heteroatoms. The molecule has 0 bridgehead atoms. The number of hydrogen-bond acceptors (Lipinski definition) is 4.